The molecule has 0 aromatic heterocycles. The Kier molecular flexibility index (Phi) is 7.66. The van der Waals surface area contributed by atoms with Crippen molar-refractivity contribution in [2.24, 2.45) is 4.99 Å². The van der Waals surface area contributed by atoms with E-state index in [1.807, 2.05) is 0 Å². The number of hydrogen-bond acceptors (Lipinski definition) is 3. The predicted octanol–water partition coefficient (Wildman–Crippen LogP) is 3.58. The zero-order valence-electron chi connectivity index (χ0n) is 16.3. The smallest absolute Gasteiger partial charge is 0.356 e. The van der Waals surface area contributed by atoms with E-state index in [-0.39, 0.29) is 5.75 Å². The van der Waals surface area contributed by atoms with Gasteiger partial charge in [-0.1, -0.05) is 30.3 Å². The van der Waals surface area contributed by atoms with Crippen LogP contribution in [0.3, 0.4) is 0 Å². The molecule has 158 valence electrons. The molecule has 2 aromatic carbocycles. The van der Waals surface area contributed by atoms with Crippen molar-refractivity contribution in [1.29, 1.82) is 0 Å². The highest BCUT2D eigenvalue weighted by Crippen LogP contribution is 2.29. The van der Waals surface area contributed by atoms with Crippen molar-refractivity contribution in [3.8, 4) is 0 Å². The Morgan fingerprint density at radius 3 is 2.24 bits per heavy atom. The van der Waals surface area contributed by atoms with Crippen LogP contribution in [0.5, 0.6) is 0 Å². The standard InChI is InChI=1S/C20H24F3N3O2S/c1-24-19(25-13-6-14-29(27,28)18-7-4-3-5-8-18)26(2)15-16-9-11-17(12-10-16)20(21,22)23/h3-5,7-12H,6,13-15H2,1-2H3,(H,24,25). The zero-order chi connectivity index (χ0) is 21.5. The van der Waals surface area contributed by atoms with Crippen LogP contribution in [0.1, 0.15) is 17.5 Å². The van der Waals surface area contributed by atoms with Crippen LogP contribution in [-0.4, -0.2) is 45.7 Å². The van der Waals surface area contributed by atoms with Gasteiger partial charge in [0.05, 0.1) is 16.2 Å². The summed E-state index contributed by atoms with van der Waals surface area (Å²) in [6.07, 6.45) is -3.97. The van der Waals surface area contributed by atoms with E-state index < -0.39 is 21.6 Å². The molecule has 9 heteroatoms. The number of aliphatic imine (C=N–C) groups is 1. The molecule has 0 radical (unpaired) electrons. The SMILES string of the molecule is CN=C(NCCCS(=O)(=O)c1ccccc1)N(C)Cc1ccc(C(F)(F)F)cc1. The molecule has 0 saturated heterocycles. The second kappa shape index (κ2) is 9.78. The summed E-state index contributed by atoms with van der Waals surface area (Å²) in [4.78, 5) is 6.19. The van der Waals surface area contributed by atoms with Crippen LogP contribution in [-0.2, 0) is 22.6 Å². The molecule has 5 nitrogen and oxygen atoms in total. The van der Waals surface area contributed by atoms with Gasteiger partial charge in [-0.25, -0.2) is 8.42 Å². The van der Waals surface area contributed by atoms with E-state index in [0.717, 1.165) is 12.1 Å². The molecule has 0 heterocycles. The molecule has 0 fully saturated rings. The first-order valence-electron chi connectivity index (χ1n) is 8.99. The first-order valence-corrected chi connectivity index (χ1v) is 10.6. The van der Waals surface area contributed by atoms with Gasteiger partial charge in [-0.2, -0.15) is 13.2 Å². The van der Waals surface area contributed by atoms with Crippen LogP contribution in [0.25, 0.3) is 0 Å². The first kappa shape index (κ1) is 22.7. The van der Waals surface area contributed by atoms with Crippen LogP contribution < -0.4 is 5.32 Å². The molecule has 0 atom stereocenters. The summed E-state index contributed by atoms with van der Waals surface area (Å²) in [5.41, 5.74) is 0.0149. The van der Waals surface area contributed by atoms with Crippen LogP contribution >= 0.6 is 0 Å². The third kappa shape index (κ3) is 6.77. The second-order valence-corrected chi connectivity index (χ2v) is 8.62. The quantitative estimate of drug-likeness (QED) is 0.417. The molecular weight excluding hydrogens is 403 g/mol. The van der Waals surface area contributed by atoms with E-state index in [9.17, 15) is 21.6 Å². The molecule has 0 spiro atoms. The Balaban J connectivity index is 1.85. The van der Waals surface area contributed by atoms with Gasteiger partial charge in [0.1, 0.15) is 0 Å². The molecule has 0 aliphatic heterocycles. The highest BCUT2D eigenvalue weighted by molar-refractivity contribution is 7.91. The summed E-state index contributed by atoms with van der Waals surface area (Å²) in [7, 11) is 0.0119. The topological polar surface area (TPSA) is 61.8 Å². The molecule has 2 aromatic rings. The lowest BCUT2D eigenvalue weighted by Crippen LogP contribution is -2.39. The Labute approximate surface area is 169 Å². The summed E-state index contributed by atoms with van der Waals surface area (Å²) in [5, 5.41) is 3.08. The number of guanidine groups is 1. The number of sulfone groups is 1. The fraction of sp³-hybridized carbons (Fsp3) is 0.350. The van der Waals surface area contributed by atoms with Gasteiger partial charge in [0.15, 0.2) is 15.8 Å². The molecule has 2 rings (SSSR count). The van der Waals surface area contributed by atoms with Crippen LogP contribution in [0.15, 0.2) is 64.5 Å². The van der Waals surface area contributed by atoms with E-state index >= 15 is 0 Å². The summed E-state index contributed by atoms with van der Waals surface area (Å²) < 4.78 is 62.5. The minimum absolute atomic E-state index is 0.00360. The fourth-order valence-corrected chi connectivity index (χ4v) is 4.07. The monoisotopic (exact) mass is 427 g/mol. The van der Waals surface area contributed by atoms with Gasteiger partial charge < -0.3 is 10.2 Å². The minimum atomic E-state index is -4.36. The number of hydrogen-bond donors (Lipinski definition) is 1. The normalized spacial score (nSPS) is 12.7. The molecule has 1 N–H and O–H groups in total. The highest BCUT2D eigenvalue weighted by atomic mass is 32.2. The lowest BCUT2D eigenvalue weighted by atomic mass is 10.1. The van der Waals surface area contributed by atoms with Gasteiger partial charge in [0.2, 0.25) is 0 Å². The Morgan fingerprint density at radius 2 is 1.69 bits per heavy atom. The molecule has 0 aliphatic carbocycles. The summed E-state index contributed by atoms with van der Waals surface area (Å²) in [6.45, 7) is 0.760. The van der Waals surface area contributed by atoms with Gasteiger partial charge >= 0.3 is 6.18 Å². The Hall–Kier alpha value is -2.55. The minimum Gasteiger partial charge on any atom is -0.356 e. The molecular formula is C20H24F3N3O2S. The maximum absolute atomic E-state index is 12.6. The van der Waals surface area contributed by atoms with Gasteiger partial charge in [-0.3, -0.25) is 4.99 Å². The van der Waals surface area contributed by atoms with E-state index in [1.54, 1.807) is 49.3 Å². The molecule has 0 bridgehead atoms. The van der Waals surface area contributed by atoms with E-state index in [1.165, 1.54) is 12.1 Å². The van der Waals surface area contributed by atoms with Crippen molar-refractivity contribution in [1.82, 2.24) is 10.2 Å². The summed E-state index contributed by atoms with van der Waals surface area (Å²) >= 11 is 0. The Morgan fingerprint density at radius 1 is 1.07 bits per heavy atom. The van der Waals surface area contributed by atoms with Crippen molar-refractivity contribution in [3.63, 3.8) is 0 Å². The highest BCUT2D eigenvalue weighted by Gasteiger charge is 2.29. The third-order valence-electron chi connectivity index (χ3n) is 4.25. The number of benzene rings is 2. The van der Waals surface area contributed by atoms with Gasteiger partial charge in [-0.15, -0.1) is 0 Å². The molecule has 0 amide bonds. The van der Waals surface area contributed by atoms with E-state index in [0.29, 0.717) is 35.9 Å². The van der Waals surface area contributed by atoms with Crippen LogP contribution in [0.4, 0.5) is 13.2 Å². The van der Waals surface area contributed by atoms with Crippen molar-refractivity contribution in [2.45, 2.75) is 24.0 Å². The van der Waals surface area contributed by atoms with Crippen LogP contribution in [0, 0.1) is 0 Å². The lowest BCUT2D eigenvalue weighted by molar-refractivity contribution is -0.137. The van der Waals surface area contributed by atoms with Crippen LogP contribution in [0.2, 0.25) is 0 Å². The van der Waals surface area contributed by atoms with E-state index in [2.05, 4.69) is 10.3 Å². The number of alkyl halides is 3. The van der Waals surface area contributed by atoms with Crippen molar-refractivity contribution >= 4 is 15.8 Å². The second-order valence-electron chi connectivity index (χ2n) is 6.51. The lowest BCUT2D eigenvalue weighted by Gasteiger charge is -2.22. The first-order chi connectivity index (χ1) is 13.6. The van der Waals surface area contributed by atoms with Gasteiger partial charge in [0.25, 0.3) is 0 Å². The fourth-order valence-electron chi connectivity index (χ4n) is 2.74. The average Bonchev–Trinajstić information content (AvgIpc) is 2.68. The zero-order valence-corrected chi connectivity index (χ0v) is 17.1. The number of halogens is 3. The summed E-state index contributed by atoms with van der Waals surface area (Å²) in [5.74, 6) is 0.533. The van der Waals surface area contributed by atoms with E-state index in [4.69, 9.17) is 0 Å². The maximum atomic E-state index is 12.6. The molecule has 0 aliphatic rings. The van der Waals surface area contributed by atoms with Gasteiger partial charge in [0, 0.05) is 27.2 Å². The third-order valence-corrected chi connectivity index (χ3v) is 6.07. The number of rotatable bonds is 7. The predicted molar refractivity (Wildman–Crippen MR) is 107 cm³/mol. The average molecular weight is 427 g/mol. The maximum Gasteiger partial charge on any atom is 0.416 e. The van der Waals surface area contributed by atoms with Crippen molar-refractivity contribution in [3.05, 3.63) is 65.7 Å². The van der Waals surface area contributed by atoms with Crippen molar-refractivity contribution in [2.75, 3.05) is 26.4 Å². The molecule has 0 saturated carbocycles. The number of nitrogens with one attached hydrogen (secondary N) is 1. The molecule has 29 heavy (non-hydrogen) atoms. The molecule has 0 unspecified atom stereocenters. The van der Waals surface area contributed by atoms with Gasteiger partial charge in [-0.05, 0) is 36.2 Å². The summed E-state index contributed by atoms with van der Waals surface area (Å²) in [6, 6.07) is 13.2. The van der Waals surface area contributed by atoms with Crippen molar-refractivity contribution < 1.29 is 21.6 Å². The number of nitrogens with zero attached hydrogens (tertiary/aromatic N) is 2. The Bertz CT molecular complexity index is 912. The largest absolute Gasteiger partial charge is 0.416 e.